The van der Waals surface area contributed by atoms with Gasteiger partial charge in [0.15, 0.2) is 0 Å². The average Bonchev–Trinajstić information content (AvgIpc) is 2.71. The Kier molecular flexibility index (Phi) is 6.32. The first-order valence-corrected chi connectivity index (χ1v) is 9.31. The van der Waals surface area contributed by atoms with Gasteiger partial charge in [0.05, 0.1) is 0 Å². The summed E-state index contributed by atoms with van der Waals surface area (Å²) in [7, 11) is 1.93. The summed E-state index contributed by atoms with van der Waals surface area (Å²) in [6.07, 6.45) is 4.43. The number of likely N-dealkylation sites (N-methyl/N-ethyl adjacent to an activating group) is 1. The van der Waals surface area contributed by atoms with Gasteiger partial charge in [-0.05, 0) is 49.6 Å². The molecule has 0 radical (unpaired) electrons. The molecule has 1 N–H and O–H groups in total. The number of aryl methyl sites for hydroxylation is 2. The third-order valence-electron chi connectivity index (χ3n) is 4.48. The normalized spacial score (nSPS) is 10.5. The molecule has 6 heteroatoms. The van der Waals surface area contributed by atoms with Crippen LogP contribution in [-0.2, 0) is 13.0 Å². The predicted molar refractivity (Wildman–Crippen MR) is 110 cm³/mol. The van der Waals surface area contributed by atoms with E-state index in [0.717, 1.165) is 24.2 Å². The van der Waals surface area contributed by atoms with Gasteiger partial charge in [-0.1, -0.05) is 29.8 Å². The molecule has 0 spiro atoms. The van der Waals surface area contributed by atoms with Gasteiger partial charge >= 0.3 is 0 Å². The maximum Gasteiger partial charge on any atom is 0.270 e. The summed E-state index contributed by atoms with van der Waals surface area (Å²) in [5.41, 5.74) is 4.59. The molecule has 6 nitrogen and oxygen atoms in total. The summed E-state index contributed by atoms with van der Waals surface area (Å²) >= 11 is 0. The van der Waals surface area contributed by atoms with E-state index in [4.69, 9.17) is 0 Å². The van der Waals surface area contributed by atoms with Gasteiger partial charge < -0.3 is 10.2 Å². The van der Waals surface area contributed by atoms with E-state index in [1.165, 1.54) is 11.1 Å². The summed E-state index contributed by atoms with van der Waals surface area (Å²) in [6.45, 7) is 5.13. The van der Waals surface area contributed by atoms with Crippen LogP contribution in [0.3, 0.4) is 0 Å². The summed E-state index contributed by atoms with van der Waals surface area (Å²) in [6, 6.07) is 13.8. The fourth-order valence-electron chi connectivity index (χ4n) is 2.77. The van der Waals surface area contributed by atoms with E-state index in [0.29, 0.717) is 18.2 Å². The zero-order valence-corrected chi connectivity index (χ0v) is 16.5. The molecule has 0 aliphatic carbocycles. The monoisotopic (exact) mass is 375 g/mol. The fraction of sp³-hybridized carbons (Fsp3) is 0.273. The van der Waals surface area contributed by atoms with Gasteiger partial charge in [0, 0.05) is 38.2 Å². The van der Waals surface area contributed by atoms with Crippen molar-refractivity contribution in [2.45, 2.75) is 26.8 Å². The Morgan fingerprint density at radius 1 is 1.00 bits per heavy atom. The second kappa shape index (κ2) is 9.08. The van der Waals surface area contributed by atoms with Crippen LogP contribution in [0.2, 0.25) is 0 Å². The number of pyridine rings is 1. The second-order valence-corrected chi connectivity index (χ2v) is 6.89. The third-order valence-corrected chi connectivity index (χ3v) is 4.48. The number of nitrogens with zero attached hydrogens (tertiary/aromatic N) is 4. The lowest BCUT2D eigenvalue weighted by atomic mass is 10.1. The molecule has 0 bridgehead atoms. The number of hydrogen-bond donors (Lipinski definition) is 1. The smallest absolute Gasteiger partial charge is 0.270 e. The molecular weight excluding hydrogens is 350 g/mol. The Morgan fingerprint density at radius 3 is 2.43 bits per heavy atom. The van der Waals surface area contributed by atoms with Gasteiger partial charge in [0.1, 0.15) is 5.69 Å². The molecule has 28 heavy (non-hydrogen) atoms. The molecule has 2 heterocycles. The van der Waals surface area contributed by atoms with Gasteiger partial charge in [0.25, 0.3) is 5.91 Å². The number of amides is 1. The van der Waals surface area contributed by atoms with E-state index < -0.39 is 0 Å². The van der Waals surface area contributed by atoms with Gasteiger partial charge in [0.2, 0.25) is 5.95 Å². The molecule has 0 atom stereocenters. The molecule has 1 amide bonds. The van der Waals surface area contributed by atoms with Gasteiger partial charge in [-0.25, -0.2) is 9.97 Å². The molecule has 0 saturated heterocycles. The predicted octanol–water partition coefficient (Wildman–Crippen LogP) is 3.10. The lowest BCUT2D eigenvalue weighted by molar-refractivity contribution is 0.0945. The van der Waals surface area contributed by atoms with Crippen LogP contribution in [0.4, 0.5) is 5.95 Å². The van der Waals surface area contributed by atoms with Crippen LogP contribution in [-0.4, -0.2) is 34.5 Å². The minimum Gasteiger partial charge on any atom is -0.347 e. The van der Waals surface area contributed by atoms with Crippen molar-refractivity contribution in [3.05, 3.63) is 82.9 Å². The quantitative estimate of drug-likeness (QED) is 0.687. The van der Waals surface area contributed by atoms with Gasteiger partial charge in [-0.3, -0.25) is 9.78 Å². The molecule has 1 aromatic carbocycles. The van der Waals surface area contributed by atoms with Crippen LogP contribution < -0.4 is 10.2 Å². The molecule has 0 saturated carbocycles. The molecule has 3 aromatic rings. The number of hydrogen-bond acceptors (Lipinski definition) is 5. The molecular formula is C22H25N5O. The maximum absolute atomic E-state index is 12.6. The SMILES string of the molecule is Cc1ccc(CNC(=O)c2cc(C)nc(N(C)CCc3ccncc3)n2)cc1. The van der Waals surface area contributed by atoms with Crippen molar-refractivity contribution in [3.8, 4) is 0 Å². The van der Waals surface area contributed by atoms with E-state index >= 15 is 0 Å². The Hall–Kier alpha value is -3.28. The van der Waals surface area contributed by atoms with Crippen molar-refractivity contribution in [2.24, 2.45) is 0 Å². The number of nitrogens with one attached hydrogen (secondary N) is 1. The Morgan fingerprint density at radius 2 is 1.71 bits per heavy atom. The first kappa shape index (κ1) is 19.5. The van der Waals surface area contributed by atoms with E-state index in [9.17, 15) is 4.79 Å². The summed E-state index contributed by atoms with van der Waals surface area (Å²) < 4.78 is 0. The van der Waals surface area contributed by atoms with Crippen molar-refractivity contribution in [1.29, 1.82) is 0 Å². The van der Waals surface area contributed by atoms with Crippen molar-refractivity contribution in [3.63, 3.8) is 0 Å². The number of rotatable bonds is 7. The maximum atomic E-state index is 12.6. The molecule has 0 aliphatic rings. The highest BCUT2D eigenvalue weighted by Gasteiger charge is 2.13. The van der Waals surface area contributed by atoms with Crippen LogP contribution in [0.15, 0.2) is 54.9 Å². The molecule has 3 rings (SSSR count). The van der Waals surface area contributed by atoms with Crippen LogP contribution in [0, 0.1) is 13.8 Å². The van der Waals surface area contributed by atoms with Gasteiger partial charge in [-0.15, -0.1) is 0 Å². The average molecular weight is 375 g/mol. The van der Waals surface area contributed by atoms with Crippen LogP contribution in [0.25, 0.3) is 0 Å². The number of aromatic nitrogens is 3. The lowest BCUT2D eigenvalue weighted by Crippen LogP contribution is -2.27. The first-order chi connectivity index (χ1) is 13.5. The zero-order valence-electron chi connectivity index (χ0n) is 16.5. The molecule has 0 aliphatic heterocycles. The molecule has 0 unspecified atom stereocenters. The van der Waals surface area contributed by atoms with Crippen LogP contribution >= 0.6 is 0 Å². The number of benzene rings is 1. The molecule has 144 valence electrons. The third kappa shape index (κ3) is 5.36. The number of carbonyl (C=O) groups excluding carboxylic acids is 1. The standard InChI is InChI=1S/C22H25N5O/c1-16-4-6-19(7-5-16)15-24-21(28)20-14-17(2)25-22(26-20)27(3)13-10-18-8-11-23-12-9-18/h4-9,11-12,14H,10,13,15H2,1-3H3,(H,24,28). The number of carbonyl (C=O) groups is 1. The van der Waals surface area contributed by atoms with E-state index in [1.54, 1.807) is 18.5 Å². The van der Waals surface area contributed by atoms with Crippen molar-refractivity contribution in [2.75, 3.05) is 18.5 Å². The van der Waals surface area contributed by atoms with Crippen LogP contribution in [0.5, 0.6) is 0 Å². The van der Waals surface area contributed by atoms with Crippen molar-refractivity contribution < 1.29 is 4.79 Å². The molecule has 0 fully saturated rings. The topological polar surface area (TPSA) is 71.0 Å². The van der Waals surface area contributed by atoms with Crippen LogP contribution in [0.1, 0.15) is 32.9 Å². The minimum absolute atomic E-state index is 0.199. The molecule has 2 aromatic heterocycles. The Balaban J connectivity index is 1.64. The van der Waals surface area contributed by atoms with Crippen molar-refractivity contribution >= 4 is 11.9 Å². The highest BCUT2D eigenvalue weighted by Crippen LogP contribution is 2.11. The second-order valence-electron chi connectivity index (χ2n) is 6.89. The van der Waals surface area contributed by atoms with Crippen molar-refractivity contribution in [1.82, 2.24) is 20.3 Å². The van der Waals surface area contributed by atoms with Gasteiger partial charge in [-0.2, -0.15) is 0 Å². The first-order valence-electron chi connectivity index (χ1n) is 9.31. The zero-order chi connectivity index (χ0) is 19.9. The summed E-state index contributed by atoms with van der Waals surface area (Å²) in [5.74, 6) is 0.351. The summed E-state index contributed by atoms with van der Waals surface area (Å²) in [4.78, 5) is 27.5. The minimum atomic E-state index is -0.199. The lowest BCUT2D eigenvalue weighted by Gasteiger charge is -2.18. The Labute approximate surface area is 165 Å². The van der Waals surface area contributed by atoms with E-state index in [2.05, 4.69) is 20.3 Å². The highest BCUT2D eigenvalue weighted by molar-refractivity contribution is 5.92. The highest BCUT2D eigenvalue weighted by atomic mass is 16.1. The largest absolute Gasteiger partial charge is 0.347 e. The van der Waals surface area contributed by atoms with E-state index in [1.807, 2.05) is 62.2 Å². The van der Waals surface area contributed by atoms with E-state index in [-0.39, 0.29) is 5.91 Å². The summed E-state index contributed by atoms with van der Waals surface area (Å²) in [5, 5.41) is 2.93. The fourth-order valence-corrected chi connectivity index (χ4v) is 2.77. The number of anilines is 1. The Bertz CT molecular complexity index is 925.